The first-order valence-corrected chi connectivity index (χ1v) is 20.3. The highest BCUT2D eigenvalue weighted by atomic mass is 32.2. The number of carbonyl (C=O) groups excluding carboxylic acids is 2. The second-order valence-corrected chi connectivity index (χ2v) is 18.6. The van der Waals surface area contributed by atoms with E-state index in [0.717, 1.165) is 0 Å². The average Bonchev–Trinajstić information content (AvgIpc) is 3.07. The summed E-state index contributed by atoms with van der Waals surface area (Å²) >= 11 is 0. The van der Waals surface area contributed by atoms with Crippen molar-refractivity contribution in [3.63, 3.8) is 0 Å². The maximum absolute atomic E-state index is 13.7. The topological polar surface area (TPSA) is 110 Å². The van der Waals surface area contributed by atoms with E-state index in [1.165, 1.54) is 14.7 Å². The van der Waals surface area contributed by atoms with Crippen molar-refractivity contribution < 1.29 is 58.4 Å². The van der Waals surface area contributed by atoms with Gasteiger partial charge >= 0.3 is 29.9 Å². The van der Waals surface area contributed by atoms with E-state index >= 15 is 0 Å². The molecule has 0 aliphatic heterocycles. The normalized spacial score (nSPS) is 24.1. The van der Waals surface area contributed by atoms with Crippen LogP contribution in [-0.4, -0.2) is 54.2 Å². The van der Waals surface area contributed by atoms with Crippen LogP contribution in [0.3, 0.4) is 0 Å². The van der Waals surface area contributed by atoms with Gasteiger partial charge in [-0.25, -0.2) is 8.42 Å². The summed E-state index contributed by atoms with van der Waals surface area (Å²) in [6.07, 6.45) is -11.8. The van der Waals surface area contributed by atoms with Gasteiger partial charge in [0.05, 0.1) is 37.6 Å². The lowest BCUT2D eigenvalue weighted by molar-refractivity contribution is -0.364. The Bertz CT molecular complexity index is 1760. The molecule has 4 aliphatic rings. The lowest BCUT2D eigenvalue weighted by Gasteiger charge is -2.60. The van der Waals surface area contributed by atoms with Crippen molar-refractivity contribution in [3.05, 3.63) is 91.0 Å². The number of carbonyl (C=O) groups is 2. The first-order chi connectivity index (χ1) is 25.0. The molecule has 0 heterocycles. The van der Waals surface area contributed by atoms with E-state index < -0.39 is 62.2 Å². The van der Waals surface area contributed by atoms with Crippen molar-refractivity contribution in [2.24, 2.45) is 22.7 Å². The van der Waals surface area contributed by atoms with Crippen molar-refractivity contribution in [3.8, 4) is 0 Å². The van der Waals surface area contributed by atoms with Gasteiger partial charge in [-0.3, -0.25) is 9.59 Å². The maximum atomic E-state index is 13.7. The zero-order valence-corrected chi connectivity index (χ0v) is 31.5. The third-order valence-corrected chi connectivity index (χ3v) is 13.7. The second-order valence-electron chi connectivity index (χ2n) is 15.2. The van der Waals surface area contributed by atoms with Crippen LogP contribution in [0.5, 0.6) is 0 Å². The van der Waals surface area contributed by atoms with Gasteiger partial charge in [-0.15, -0.1) is 0 Å². The van der Waals surface area contributed by atoms with Crippen molar-refractivity contribution in [2.75, 3.05) is 5.75 Å². The average molecular weight is 801 g/mol. The van der Waals surface area contributed by atoms with Gasteiger partial charge in [-0.05, 0) is 101 Å². The molecule has 0 spiro atoms. The molecule has 4 fully saturated rings. The molecule has 0 amide bonds. The minimum atomic E-state index is -6.43. The fourth-order valence-electron chi connectivity index (χ4n) is 8.08. The summed E-state index contributed by atoms with van der Waals surface area (Å²) in [7, 11) is -6.15. The molecule has 0 N–H and O–H groups in total. The maximum Gasteiger partial charge on any atom is 0.438 e. The zero-order valence-electron chi connectivity index (χ0n) is 29.9. The van der Waals surface area contributed by atoms with E-state index in [2.05, 4.69) is 95.7 Å². The van der Waals surface area contributed by atoms with Crippen LogP contribution in [0.2, 0.25) is 0 Å². The molecular weight excluding hydrogens is 759 g/mol. The fraction of sp³-hybridized carbons (Fsp3) is 0.487. The molecule has 3 aromatic carbocycles. The first kappa shape index (κ1) is 41.6. The minimum Gasteiger partial charge on any atom is -0.748 e. The van der Waals surface area contributed by atoms with Crippen molar-refractivity contribution in [1.82, 2.24) is 0 Å². The summed E-state index contributed by atoms with van der Waals surface area (Å²) in [5.74, 6) is -6.14. The minimum absolute atomic E-state index is 0.0146. The van der Waals surface area contributed by atoms with Gasteiger partial charge in [-0.2, -0.15) is 26.3 Å². The third kappa shape index (κ3) is 8.78. The summed E-state index contributed by atoms with van der Waals surface area (Å²) in [6.45, 7) is 5.01. The van der Waals surface area contributed by atoms with Crippen LogP contribution in [0.25, 0.3) is 0 Å². The van der Waals surface area contributed by atoms with Crippen molar-refractivity contribution >= 4 is 33.0 Å². The van der Waals surface area contributed by atoms with Gasteiger partial charge in [0.25, 0.3) is 0 Å². The number of hydrogen-bond acceptors (Lipinski definition) is 7. The van der Waals surface area contributed by atoms with Crippen LogP contribution in [0.1, 0.15) is 65.7 Å². The molecular formula is C39H42F6O7S2. The first-order valence-electron chi connectivity index (χ1n) is 17.5. The molecule has 0 radical (unpaired) electrons. The second kappa shape index (κ2) is 15.2. The Kier molecular flexibility index (Phi) is 11.7. The van der Waals surface area contributed by atoms with Gasteiger partial charge in [0.1, 0.15) is 5.60 Å². The summed E-state index contributed by atoms with van der Waals surface area (Å²) in [5, 5.41) is 0. The van der Waals surface area contributed by atoms with Crippen LogP contribution in [0, 0.1) is 22.7 Å². The lowest BCUT2D eigenvalue weighted by atomic mass is 9.48. The molecule has 0 aromatic heterocycles. The summed E-state index contributed by atoms with van der Waals surface area (Å²) in [4.78, 5) is 30.0. The predicted octanol–water partition coefficient (Wildman–Crippen LogP) is 9.04. The number of ether oxygens (including phenoxy) is 2. The van der Waals surface area contributed by atoms with E-state index in [0.29, 0.717) is 25.7 Å². The smallest absolute Gasteiger partial charge is 0.438 e. The summed E-state index contributed by atoms with van der Waals surface area (Å²) in [6, 6.07) is 32.2. The van der Waals surface area contributed by atoms with E-state index in [-0.39, 0.29) is 42.0 Å². The monoisotopic (exact) mass is 800 g/mol. The zero-order chi connectivity index (χ0) is 39.8. The molecule has 4 aliphatic carbocycles. The number of alkyl halides is 6. The van der Waals surface area contributed by atoms with Crippen LogP contribution in [0.15, 0.2) is 106 Å². The van der Waals surface area contributed by atoms with Gasteiger partial charge in [0.15, 0.2) is 14.7 Å². The summed E-state index contributed by atoms with van der Waals surface area (Å²) < 4.78 is 125. The number of hydrogen-bond donors (Lipinski definition) is 0. The highest BCUT2D eigenvalue weighted by Gasteiger charge is 2.76. The molecule has 0 saturated heterocycles. The van der Waals surface area contributed by atoms with Crippen molar-refractivity contribution in [1.29, 1.82) is 0 Å². The van der Waals surface area contributed by atoms with E-state index in [4.69, 9.17) is 4.74 Å². The largest absolute Gasteiger partial charge is 0.748 e. The third-order valence-electron chi connectivity index (χ3n) is 10.7. The molecule has 54 heavy (non-hydrogen) atoms. The van der Waals surface area contributed by atoms with Gasteiger partial charge in [0.2, 0.25) is 0 Å². The lowest BCUT2D eigenvalue weighted by Crippen LogP contribution is -2.66. The van der Waals surface area contributed by atoms with Crippen molar-refractivity contribution in [2.45, 2.75) is 104 Å². The molecule has 15 heteroatoms. The van der Waals surface area contributed by atoms with Gasteiger partial charge in [-0.1, -0.05) is 61.5 Å². The Morgan fingerprint density at radius 2 is 1.17 bits per heavy atom. The van der Waals surface area contributed by atoms with Crippen LogP contribution < -0.4 is 0 Å². The standard InChI is InChI=1S/C21H28F6O7S.C18H15S/c1-4-16(2,3)14(28)33-18-8-12-5-13(9-18)7-17(6-12,10-18)15(29)34-19(20(22,23)24,21(25,26)27)11-35(30,31)32;1-4-10-16(11-5-1)19(17-12-6-2-7-13-17)18-14-8-3-9-15-18/h12-13H,4-11H2,1-3H3,(H,30,31,32);1-15H/q;+1/p-1. The Morgan fingerprint density at radius 1 is 0.759 bits per heavy atom. The highest BCUT2D eigenvalue weighted by molar-refractivity contribution is 7.97. The fourth-order valence-corrected chi connectivity index (χ4v) is 11.1. The van der Waals surface area contributed by atoms with Gasteiger partial charge in [0, 0.05) is 6.42 Å². The molecule has 2 atom stereocenters. The Morgan fingerprint density at radius 3 is 1.52 bits per heavy atom. The quantitative estimate of drug-likeness (QED) is 0.0872. The number of rotatable bonds is 10. The SMILES string of the molecule is CCC(C)(C)C(=O)OC12CC3CC(C1)CC(C(=O)OC(CS(=O)(=O)[O-])(C(F)(F)F)C(F)(F)F)(C3)C2.c1ccc([S+](c2ccccc2)c2ccccc2)cc1. The molecule has 7 nitrogen and oxygen atoms in total. The highest BCUT2D eigenvalue weighted by Crippen LogP contribution is 2.64. The van der Waals surface area contributed by atoms with Crippen LogP contribution in [0.4, 0.5) is 26.3 Å². The Hall–Kier alpha value is -3.56. The Labute approximate surface area is 313 Å². The molecule has 4 bridgehead atoms. The molecule has 4 saturated carbocycles. The molecule has 7 rings (SSSR count). The number of halogens is 6. The molecule has 2 unspecified atom stereocenters. The van der Waals surface area contributed by atoms with E-state index in [9.17, 15) is 48.9 Å². The summed E-state index contributed by atoms with van der Waals surface area (Å²) in [5.41, 5.74) is -9.51. The molecule has 3 aromatic rings. The Balaban J connectivity index is 0.000000246. The molecule has 294 valence electrons. The van der Waals surface area contributed by atoms with Crippen LogP contribution in [-0.2, 0) is 40.1 Å². The number of benzene rings is 3. The number of esters is 2. The van der Waals surface area contributed by atoms with E-state index in [1.54, 1.807) is 20.8 Å². The van der Waals surface area contributed by atoms with Crippen LogP contribution >= 0.6 is 0 Å². The predicted molar refractivity (Wildman–Crippen MR) is 187 cm³/mol. The van der Waals surface area contributed by atoms with E-state index in [1.807, 2.05) is 0 Å². The van der Waals surface area contributed by atoms with Gasteiger partial charge < -0.3 is 14.0 Å².